The second-order valence-electron chi connectivity index (χ2n) is 5.49. The Bertz CT molecular complexity index is 218. The number of aliphatic hydroxyl groups is 1. The second-order valence-corrected chi connectivity index (χ2v) is 5.49. The van der Waals surface area contributed by atoms with E-state index in [9.17, 15) is 4.79 Å². The number of nitrogens with one attached hydrogen (secondary N) is 1. The summed E-state index contributed by atoms with van der Waals surface area (Å²) in [6.07, 6.45) is 4.29. The van der Waals surface area contributed by atoms with E-state index < -0.39 is 5.54 Å². The first-order valence-corrected chi connectivity index (χ1v) is 6.87. The molecule has 0 unspecified atom stereocenters. The van der Waals surface area contributed by atoms with E-state index >= 15 is 0 Å². The number of carbonyl (C=O) groups excluding carboxylic acids is 1. The predicted octanol–water partition coefficient (Wildman–Crippen LogP) is 2.73. The maximum Gasteiger partial charge on any atom is 0.223 e. The minimum Gasteiger partial charge on any atom is -0.394 e. The van der Waals surface area contributed by atoms with Crippen molar-refractivity contribution in [2.45, 2.75) is 65.8 Å². The van der Waals surface area contributed by atoms with Crippen molar-refractivity contribution in [2.75, 3.05) is 6.61 Å². The van der Waals surface area contributed by atoms with Crippen LogP contribution in [0.3, 0.4) is 0 Å². The Kier molecular flexibility index (Phi) is 7.44. The van der Waals surface area contributed by atoms with Crippen LogP contribution in [0.25, 0.3) is 0 Å². The van der Waals surface area contributed by atoms with Gasteiger partial charge in [0.2, 0.25) is 5.91 Å². The lowest BCUT2D eigenvalue weighted by Crippen LogP contribution is -2.49. The molecule has 0 aliphatic heterocycles. The SMILES string of the molecule is CC.CC1CCC(C(=O)NC(C)(C)CO)CC1. The van der Waals surface area contributed by atoms with Crippen molar-refractivity contribution in [3.63, 3.8) is 0 Å². The minimum atomic E-state index is -0.486. The van der Waals surface area contributed by atoms with Gasteiger partial charge in [-0.3, -0.25) is 4.79 Å². The van der Waals surface area contributed by atoms with Gasteiger partial charge in [-0.2, -0.15) is 0 Å². The third-order valence-corrected chi connectivity index (χ3v) is 3.24. The van der Waals surface area contributed by atoms with Crippen LogP contribution in [0.4, 0.5) is 0 Å². The fourth-order valence-corrected chi connectivity index (χ4v) is 2.00. The molecule has 1 rings (SSSR count). The molecule has 0 bridgehead atoms. The summed E-state index contributed by atoms with van der Waals surface area (Å²) in [7, 11) is 0. The quantitative estimate of drug-likeness (QED) is 0.800. The molecule has 0 saturated heterocycles. The highest BCUT2D eigenvalue weighted by atomic mass is 16.3. The highest BCUT2D eigenvalue weighted by molar-refractivity contribution is 5.79. The lowest BCUT2D eigenvalue weighted by atomic mass is 9.82. The molecule has 1 saturated carbocycles. The monoisotopic (exact) mass is 243 g/mol. The number of amides is 1. The van der Waals surface area contributed by atoms with Gasteiger partial charge in [0.25, 0.3) is 0 Å². The molecule has 2 N–H and O–H groups in total. The molecule has 17 heavy (non-hydrogen) atoms. The minimum absolute atomic E-state index is 0.0120. The Morgan fingerprint density at radius 2 is 1.71 bits per heavy atom. The van der Waals surface area contributed by atoms with Crippen LogP contribution in [0.15, 0.2) is 0 Å². The van der Waals surface area contributed by atoms with Gasteiger partial charge in [0.05, 0.1) is 12.1 Å². The summed E-state index contributed by atoms with van der Waals surface area (Å²) in [5.41, 5.74) is -0.486. The average Bonchev–Trinajstić information content (AvgIpc) is 2.32. The summed E-state index contributed by atoms with van der Waals surface area (Å²) in [5, 5.41) is 12.0. The van der Waals surface area contributed by atoms with E-state index in [-0.39, 0.29) is 18.4 Å². The molecular weight excluding hydrogens is 214 g/mol. The molecule has 3 heteroatoms. The van der Waals surface area contributed by atoms with Crippen molar-refractivity contribution in [1.29, 1.82) is 0 Å². The maximum absolute atomic E-state index is 11.9. The summed E-state index contributed by atoms with van der Waals surface area (Å²) < 4.78 is 0. The fraction of sp³-hybridized carbons (Fsp3) is 0.929. The third-order valence-electron chi connectivity index (χ3n) is 3.24. The standard InChI is InChI=1S/C12H23NO2.C2H6/c1-9-4-6-10(7-5-9)11(15)13-12(2,3)8-14;1-2/h9-10,14H,4-8H2,1-3H3,(H,13,15);1-2H3. The largest absolute Gasteiger partial charge is 0.394 e. The molecule has 0 aromatic heterocycles. The number of rotatable bonds is 3. The van der Waals surface area contributed by atoms with E-state index in [4.69, 9.17) is 5.11 Å². The van der Waals surface area contributed by atoms with E-state index in [2.05, 4.69) is 12.2 Å². The van der Waals surface area contributed by atoms with Gasteiger partial charge >= 0.3 is 0 Å². The fourth-order valence-electron chi connectivity index (χ4n) is 2.00. The summed E-state index contributed by atoms with van der Waals surface area (Å²) in [4.78, 5) is 11.9. The highest BCUT2D eigenvalue weighted by Crippen LogP contribution is 2.28. The van der Waals surface area contributed by atoms with Gasteiger partial charge in [0.1, 0.15) is 0 Å². The summed E-state index contributed by atoms with van der Waals surface area (Å²) in [6.45, 7) is 9.92. The van der Waals surface area contributed by atoms with Crippen LogP contribution in [-0.4, -0.2) is 23.2 Å². The molecule has 0 aromatic rings. The van der Waals surface area contributed by atoms with Gasteiger partial charge in [-0.25, -0.2) is 0 Å². The van der Waals surface area contributed by atoms with Gasteiger partial charge in [0.15, 0.2) is 0 Å². The van der Waals surface area contributed by atoms with Gasteiger partial charge in [-0.1, -0.05) is 20.8 Å². The van der Waals surface area contributed by atoms with Crippen LogP contribution in [-0.2, 0) is 4.79 Å². The van der Waals surface area contributed by atoms with E-state index in [0.717, 1.165) is 31.6 Å². The van der Waals surface area contributed by atoms with E-state index in [1.807, 2.05) is 27.7 Å². The molecule has 3 nitrogen and oxygen atoms in total. The topological polar surface area (TPSA) is 49.3 Å². The number of hydrogen-bond donors (Lipinski definition) is 2. The molecule has 0 heterocycles. The molecule has 1 aliphatic rings. The summed E-state index contributed by atoms with van der Waals surface area (Å²) in [6, 6.07) is 0. The first kappa shape index (κ1) is 16.4. The maximum atomic E-state index is 11.9. The van der Waals surface area contributed by atoms with Crippen molar-refractivity contribution < 1.29 is 9.90 Å². The van der Waals surface area contributed by atoms with E-state index in [1.54, 1.807) is 0 Å². The van der Waals surface area contributed by atoms with E-state index in [0.29, 0.717) is 0 Å². The zero-order chi connectivity index (χ0) is 13.5. The van der Waals surface area contributed by atoms with Crippen molar-refractivity contribution >= 4 is 5.91 Å². The summed E-state index contributed by atoms with van der Waals surface area (Å²) in [5.74, 6) is 1.04. The third kappa shape index (κ3) is 6.06. The lowest BCUT2D eigenvalue weighted by Gasteiger charge is -2.30. The first-order valence-electron chi connectivity index (χ1n) is 6.87. The van der Waals surface area contributed by atoms with Crippen LogP contribution in [0.1, 0.15) is 60.3 Å². The second kappa shape index (κ2) is 7.70. The Labute approximate surface area is 106 Å². The van der Waals surface area contributed by atoms with Crippen LogP contribution in [0.5, 0.6) is 0 Å². The zero-order valence-corrected chi connectivity index (χ0v) is 12.0. The molecule has 0 radical (unpaired) electrons. The summed E-state index contributed by atoms with van der Waals surface area (Å²) >= 11 is 0. The van der Waals surface area contributed by atoms with Crippen molar-refractivity contribution in [3.05, 3.63) is 0 Å². The smallest absolute Gasteiger partial charge is 0.223 e. The molecule has 1 aliphatic carbocycles. The van der Waals surface area contributed by atoms with Gasteiger partial charge in [-0.05, 0) is 45.4 Å². The van der Waals surface area contributed by atoms with Crippen molar-refractivity contribution in [2.24, 2.45) is 11.8 Å². The van der Waals surface area contributed by atoms with Gasteiger partial charge in [0, 0.05) is 5.92 Å². The molecular formula is C14H29NO2. The normalized spacial score (nSPS) is 24.6. The van der Waals surface area contributed by atoms with Crippen molar-refractivity contribution in [3.8, 4) is 0 Å². The van der Waals surface area contributed by atoms with Crippen LogP contribution < -0.4 is 5.32 Å². The highest BCUT2D eigenvalue weighted by Gasteiger charge is 2.28. The Morgan fingerprint density at radius 1 is 1.24 bits per heavy atom. The Morgan fingerprint density at radius 3 is 2.12 bits per heavy atom. The Balaban J connectivity index is 0.00000121. The average molecular weight is 243 g/mol. The van der Waals surface area contributed by atoms with E-state index in [1.165, 1.54) is 0 Å². The lowest BCUT2D eigenvalue weighted by molar-refractivity contribution is -0.128. The molecule has 1 amide bonds. The number of hydrogen-bond acceptors (Lipinski definition) is 2. The predicted molar refractivity (Wildman–Crippen MR) is 71.8 cm³/mol. The number of aliphatic hydroxyl groups excluding tert-OH is 1. The molecule has 0 aromatic carbocycles. The van der Waals surface area contributed by atoms with Crippen molar-refractivity contribution in [1.82, 2.24) is 5.32 Å². The number of carbonyl (C=O) groups is 1. The van der Waals surface area contributed by atoms with Crippen LogP contribution in [0.2, 0.25) is 0 Å². The van der Waals surface area contributed by atoms with Gasteiger partial charge in [-0.15, -0.1) is 0 Å². The Hall–Kier alpha value is -0.570. The molecule has 0 atom stereocenters. The molecule has 102 valence electrons. The first-order chi connectivity index (χ1) is 7.94. The zero-order valence-electron chi connectivity index (χ0n) is 12.0. The van der Waals surface area contributed by atoms with Crippen LogP contribution >= 0.6 is 0 Å². The van der Waals surface area contributed by atoms with Crippen LogP contribution in [0, 0.1) is 11.8 Å². The van der Waals surface area contributed by atoms with Gasteiger partial charge < -0.3 is 10.4 Å². The molecule has 0 spiro atoms. The molecule has 1 fully saturated rings.